The summed E-state index contributed by atoms with van der Waals surface area (Å²) in [6, 6.07) is 8.77. The van der Waals surface area contributed by atoms with Crippen LogP contribution in [0.3, 0.4) is 0 Å². The van der Waals surface area contributed by atoms with E-state index < -0.39 is 0 Å². The monoisotopic (exact) mass is 426 g/mol. The quantitative estimate of drug-likeness (QED) is 0.525. The maximum Gasteiger partial charge on any atom is 0.193 e. The van der Waals surface area contributed by atoms with E-state index in [2.05, 4.69) is 85.2 Å². The molecule has 3 rings (SSSR count). The molecule has 0 unspecified atom stereocenters. The topological polar surface area (TPSA) is 17.3 Å². The maximum absolute atomic E-state index is 4.74. The van der Waals surface area contributed by atoms with E-state index >= 15 is 0 Å². The first-order valence-corrected chi connectivity index (χ1v) is 9.89. The predicted molar refractivity (Wildman–Crippen MR) is 97.2 cm³/mol. The van der Waals surface area contributed by atoms with Crippen LogP contribution >= 0.6 is 43.2 Å². The number of aromatic nitrogens is 2. The lowest BCUT2D eigenvalue weighted by atomic mass is 9.80. The summed E-state index contributed by atoms with van der Waals surface area (Å²) < 4.78 is 2.10. The van der Waals surface area contributed by atoms with Crippen molar-refractivity contribution in [3.8, 4) is 0 Å². The average Bonchev–Trinajstić information content (AvgIpc) is 3.06. The first-order chi connectivity index (χ1) is 10.2. The summed E-state index contributed by atoms with van der Waals surface area (Å²) in [7, 11) is 0. The molecular formula is C16H16Br2N2S. The van der Waals surface area contributed by atoms with Gasteiger partial charge in [-0.05, 0) is 12.5 Å². The van der Waals surface area contributed by atoms with Gasteiger partial charge >= 0.3 is 0 Å². The van der Waals surface area contributed by atoms with Crippen molar-refractivity contribution in [2.45, 2.75) is 18.8 Å². The smallest absolute Gasteiger partial charge is 0.193 e. The van der Waals surface area contributed by atoms with Gasteiger partial charge < -0.3 is 0 Å². The number of halogens is 2. The average molecular weight is 428 g/mol. The molecule has 0 bridgehead atoms. The Hall–Kier alpha value is -0.650. The lowest BCUT2D eigenvalue weighted by molar-refractivity contribution is 0.544. The molecule has 0 aliphatic rings. The number of thiazole rings is 1. The highest BCUT2D eigenvalue weighted by molar-refractivity contribution is 9.09. The number of benzene rings is 1. The number of imidazole rings is 1. The lowest BCUT2D eigenvalue weighted by Gasteiger charge is -2.30. The molecule has 0 radical (unpaired) electrons. The number of nitrogens with zero attached hydrogens (tertiary/aromatic N) is 2. The standard InChI is InChI=1S/C16H16Br2N2S/c1-12-3-2-4-13(7-12)16(10-17,11-18)8-14-9-20-5-6-21-15(20)19-14/h2-7,9H,8,10-11H2,1H3. The first kappa shape index (κ1) is 15.3. The fraction of sp³-hybridized carbons (Fsp3) is 0.312. The van der Waals surface area contributed by atoms with Crippen molar-refractivity contribution in [2.24, 2.45) is 0 Å². The minimum absolute atomic E-state index is 0.0239. The van der Waals surface area contributed by atoms with Gasteiger partial charge in [-0.25, -0.2) is 4.98 Å². The molecule has 21 heavy (non-hydrogen) atoms. The molecule has 0 saturated heterocycles. The van der Waals surface area contributed by atoms with E-state index in [1.54, 1.807) is 11.3 Å². The van der Waals surface area contributed by atoms with Gasteiger partial charge in [0.05, 0.1) is 5.69 Å². The van der Waals surface area contributed by atoms with Gasteiger partial charge in [0.1, 0.15) is 0 Å². The van der Waals surface area contributed by atoms with E-state index in [0.29, 0.717) is 0 Å². The van der Waals surface area contributed by atoms with Gasteiger partial charge in [0, 0.05) is 40.3 Å². The maximum atomic E-state index is 4.74. The Bertz CT molecular complexity index is 715. The van der Waals surface area contributed by atoms with Crippen LogP contribution in [0, 0.1) is 6.92 Å². The van der Waals surface area contributed by atoms with E-state index in [-0.39, 0.29) is 5.41 Å². The zero-order valence-electron chi connectivity index (χ0n) is 11.7. The van der Waals surface area contributed by atoms with Crippen LogP contribution < -0.4 is 0 Å². The Morgan fingerprint density at radius 1 is 1.29 bits per heavy atom. The molecule has 2 heterocycles. The van der Waals surface area contributed by atoms with Crippen LogP contribution in [0.5, 0.6) is 0 Å². The summed E-state index contributed by atoms with van der Waals surface area (Å²) in [6.45, 7) is 2.14. The molecule has 0 amide bonds. The third kappa shape index (κ3) is 2.96. The molecule has 110 valence electrons. The van der Waals surface area contributed by atoms with Crippen molar-refractivity contribution < 1.29 is 0 Å². The highest BCUT2D eigenvalue weighted by atomic mass is 79.9. The van der Waals surface area contributed by atoms with Gasteiger partial charge in [0.2, 0.25) is 0 Å². The summed E-state index contributed by atoms with van der Waals surface area (Å²) in [5.41, 5.74) is 3.82. The minimum atomic E-state index is 0.0239. The van der Waals surface area contributed by atoms with Crippen molar-refractivity contribution in [1.82, 2.24) is 9.38 Å². The molecule has 0 aliphatic carbocycles. The zero-order valence-corrected chi connectivity index (χ0v) is 15.7. The SMILES string of the molecule is Cc1cccc(C(CBr)(CBr)Cc2cn3ccsc3n2)c1. The minimum Gasteiger partial charge on any atom is -0.297 e. The van der Waals surface area contributed by atoms with Gasteiger partial charge in [-0.1, -0.05) is 61.7 Å². The lowest BCUT2D eigenvalue weighted by Crippen LogP contribution is -2.33. The molecule has 2 aromatic heterocycles. The fourth-order valence-electron chi connectivity index (χ4n) is 2.57. The van der Waals surface area contributed by atoms with Crippen LogP contribution in [0.4, 0.5) is 0 Å². The van der Waals surface area contributed by atoms with Gasteiger partial charge in [-0.15, -0.1) is 11.3 Å². The third-order valence-corrected chi connectivity index (χ3v) is 6.72. The molecule has 2 nitrogen and oxygen atoms in total. The van der Waals surface area contributed by atoms with Crippen molar-refractivity contribution in [1.29, 1.82) is 0 Å². The van der Waals surface area contributed by atoms with Gasteiger partial charge in [0.25, 0.3) is 0 Å². The van der Waals surface area contributed by atoms with Crippen LogP contribution in [0.15, 0.2) is 42.0 Å². The van der Waals surface area contributed by atoms with Gasteiger partial charge in [-0.2, -0.15) is 0 Å². The normalized spacial score (nSPS) is 12.1. The van der Waals surface area contributed by atoms with Crippen LogP contribution in [-0.2, 0) is 11.8 Å². The van der Waals surface area contributed by atoms with E-state index in [4.69, 9.17) is 4.98 Å². The number of rotatable bonds is 5. The van der Waals surface area contributed by atoms with Crippen molar-refractivity contribution >= 4 is 48.2 Å². The molecule has 0 fully saturated rings. The Morgan fingerprint density at radius 3 is 2.76 bits per heavy atom. The van der Waals surface area contributed by atoms with Crippen LogP contribution in [-0.4, -0.2) is 20.0 Å². The molecular weight excluding hydrogens is 412 g/mol. The zero-order chi connectivity index (χ0) is 14.9. The summed E-state index contributed by atoms with van der Waals surface area (Å²) in [5.74, 6) is 0. The predicted octanol–water partition coefficient (Wildman–Crippen LogP) is 4.97. The second kappa shape index (κ2) is 6.23. The molecule has 0 spiro atoms. The van der Waals surface area contributed by atoms with E-state index in [1.165, 1.54) is 11.1 Å². The number of hydrogen-bond donors (Lipinski definition) is 0. The third-order valence-electron chi connectivity index (χ3n) is 3.80. The Labute approximate surface area is 145 Å². The van der Waals surface area contributed by atoms with Crippen LogP contribution in [0.2, 0.25) is 0 Å². The summed E-state index contributed by atoms with van der Waals surface area (Å²) in [6.07, 6.45) is 5.12. The Morgan fingerprint density at radius 2 is 2.10 bits per heavy atom. The molecule has 0 aliphatic heterocycles. The second-order valence-electron chi connectivity index (χ2n) is 5.42. The highest BCUT2D eigenvalue weighted by Gasteiger charge is 2.31. The Balaban J connectivity index is 1.98. The highest BCUT2D eigenvalue weighted by Crippen LogP contribution is 2.33. The molecule has 0 atom stereocenters. The number of hydrogen-bond acceptors (Lipinski definition) is 2. The Kier molecular flexibility index (Phi) is 4.52. The van der Waals surface area contributed by atoms with Crippen molar-refractivity contribution in [3.63, 3.8) is 0 Å². The van der Waals surface area contributed by atoms with E-state index in [0.717, 1.165) is 27.7 Å². The van der Waals surface area contributed by atoms with Crippen molar-refractivity contribution in [2.75, 3.05) is 10.7 Å². The van der Waals surface area contributed by atoms with E-state index in [1.807, 2.05) is 0 Å². The number of alkyl halides is 2. The van der Waals surface area contributed by atoms with Crippen LogP contribution in [0.25, 0.3) is 4.96 Å². The molecule has 0 saturated carbocycles. The molecule has 1 aromatic carbocycles. The summed E-state index contributed by atoms with van der Waals surface area (Å²) in [4.78, 5) is 5.80. The number of fused-ring (bicyclic) bond motifs is 1. The second-order valence-corrected chi connectivity index (χ2v) is 7.41. The van der Waals surface area contributed by atoms with Crippen LogP contribution in [0.1, 0.15) is 16.8 Å². The summed E-state index contributed by atoms with van der Waals surface area (Å²) in [5, 5.41) is 3.87. The van der Waals surface area contributed by atoms with Gasteiger partial charge in [-0.3, -0.25) is 4.40 Å². The summed E-state index contributed by atoms with van der Waals surface area (Å²) >= 11 is 9.13. The number of aryl methyl sites for hydroxylation is 1. The first-order valence-electron chi connectivity index (χ1n) is 6.77. The molecule has 5 heteroatoms. The fourth-order valence-corrected chi connectivity index (χ4v) is 5.26. The largest absolute Gasteiger partial charge is 0.297 e. The van der Waals surface area contributed by atoms with Crippen molar-refractivity contribution in [3.05, 3.63) is 58.9 Å². The molecule has 0 N–H and O–H groups in total. The van der Waals surface area contributed by atoms with E-state index in [9.17, 15) is 0 Å². The molecule has 3 aromatic rings. The van der Waals surface area contributed by atoms with Gasteiger partial charge in [0.15, 0.2) is 4.96 Å².